The fraction of sp³-hybridized carbons (Fsp3) is 0. The maximum atomic E-state index is 14.3. The zero-order chi connectivity index (χ0) is 16.9. The van der Waals surface area contributed by atoms with Crippen LogP contribution in [-0.4, -0.2) is 16.7 Å². The number of nitro benzene ring substituents is 1. The highest BCUT2D eigenvalue weighted by Gasteiger charge is 2.42. The molecule has 1 heterocycles. The summed E-state index contributed by atoms with van der Waals surface area (Å²) in [6.45, 7) is 0. The number of rotatable bonds is 2. The second-order valence-corrected chi connectivity index (χ2v) is 4.98. The molecule has 3 rings (SSSR count). The van der Waals surface area contributed by atoms with Crippen molar-refractivity contribution in [1.29, 1.82) is 0 Å². The number of hydrogen-bond donors (Lipinski definition) is 0. The summed E-state index contributed by atoms with van der Waals surface area (Å²) >= 11 is 5.42. The molecule has 2 amide bonds. The third-order valence-corrected chi connectivity index (χ3v) is 3.68. The Hall–Kier alpha value is -2.87. The summed E-state index contributed by atoms with van der Waals surface area (Å²) in [5.41, 5.74) is -2.12. The van der Waals surface area contributed by atoms with E-state index in [1.54, 1.807) is 0 Å². The Balaban J connectivity index is 2.29. The van der Waals surface area contributed by atoms with Crippen molar-refractivity contribution in [1.82, 2.24) is 0 Å². The van der Waals surface area contributed by atoms with Gasteiger partial charge in [0.1, 0.15) is 5.02 Å². The van der Waals surface area contributed by atoms with Crippen molar-refractivity contribution >= 4 is 34.8 Å². The van der Waals surface area contributed by atoms with Crippen molar-refractivity contribution in [3.63, 3.8) is 0 Å². The average molecular weight is 339 g/mol. The van der Waals surface area contributed by atoms with E-state index in [-0.39, 0.29) is 11.1 Å². The number of carbonyl (C=O) groups excluding carboxylic acids is 2. The second kappa shape index (κ2) is 5.10. The third kappa shape index (κ3) is 2.07. The van der Waals surface area contributed by atoms with E-state index in [4.69, 9.17) is 11.6 Å². The highest BCUT2D eigenvalue weighted by molar-refractivity contribution is 6.36. The van der Waals surface area contributed by atoms with Gasteiger partial charge in [-0.3, -0.25) is 19.7 Å². The highest BCUT2D eigenvalue weighted by Crippen LogP contribution is 2.40. The van der Waals surface area contributed by atoms with E-state index in [0.29, 0.717) is 11.0 Å². The Kier molecular flexibility index (Phi) is 3.33. The van der Waals surface area contributed by atoms with Crippen LogP contribution >= 0.6 is 11.6 Å². The second-order valence-electron chi connectivity index (χ2n) is 4.60. The van der Waals surface area contributed by atoms with Crippen LogP contribution in [0.4, 0.5) is 20.2 Å². The van der Waals surface area contributed by atoms with Crippen molar-refractivity contribution in [2.45, 2.75) is 0 Å². The van der Waals surface area contributed by atoms with Crippen LogP contribution in [0.25, 0.3) is 0 Å². The first-order valence-corrected chi connectivity index (χ1v) is 6.52. The van der Waals surface area contributed by atoms with Crippen LogP contribution in [0.5, 0.6) is 0 Å². The molecule has 0 fully saturated rings. The van der Waals surface area contributed by atoms with E-state index in [1.807, 2.05) is 0 Å². The lowest BCUT2D eigenvalue weighted by Gasteiger charge is -2.15. The van der Waals surface area contributed by atoms with Crippen LogP contribution in [0.2, 0.25) is 5.02 Å². The van der Waals surface area contributed by atoms with Gasteiger partial charge in [-0.05, 0) is 12.1 Å². The van der Waals surface area contributed by atoms with Gasteiger partial charge in [0.2, 0.25) is 0 Å². The smallest absolute Gasteiger partial charge is 0.268 e. The van der Waals surface area contributed by atoms with Gasteiger partial charge in [-0.2, -0.15) is 0 Å². The summed E-state index contributed by atoms with van der Waals surface area (Å²) in [4.78, 5) is 34.9. The number of nitro groups is 1. The summed E-state index contributed by atoms with van der Waals surface area (Å²) in [6, 6.07) is 5.98. The molecular weight excluding hydrogens is 334 g/mol. The zero-order valence-corrected chi connectivity index (χ0v) is 11.8. The molecule has 2 aromatic rings. The predicted octanol–water partition coefficient (Wildman–Crippen LogP) is 3.33. The number of carbonyl (C=O) groups is 2. The topological polar surface area (TPSA) is 80.5 Å². The van der Waals surface area contributed by atoms with Crippen molar-refractivity contribution in [2.24, 2.45) is 0 Å². The SMILES string of the molecule is O=C1c2ccccc2C(=O)N1c1c([N+](=O)[O-])cc(F)c(Cl)c1F. The fourth-order valence-electron chi connectivity index (χ4n) is 2.32. The normalized spacial score (nSPS) is 13.4. The molecular formula is C14H5ClF2N2O4. The largest absolute Gasteiger partial charge is 0.299 e. The molecule has 0 aliphatic carbocycles. The standard InChI is InChI=1S/C14H5ClF2N2O4/c15-10-8(16)5-9(19(22)23)12(11(10)17)18-13(20)6-3-1-2-4-7(6)14(18)21/h1-5H. The van der Waals surface area contributed by atoms with Gasteiger partial charge in [0, 0.05) is 0 Å². The molecule has 116 valence electrons. The number of halogens is 3. The molecule has 0 unspecified atom stereocenters. The van der Waals surface area contributed by atoms with Gasteiger partial charge in [0.05, 0.1) is 22.1 Å². The minimum atomic E-state index is -1.55. The molecule has 1 aliphatic rings. The lowest BCUT2D eigenvalue weighted by atomic mass is 10.1. The Morgan fingerprint density at radius 1 is 1.09 bits per heavy atom. The summed E-state index contributed by atoms with van der Waals surface area (Å²) in [5.74, 6) is -4.81. The first kappa shape index (κ1) is 15.0. The molecule has 0 spiro atoms. The molecule has 6 nitrogen and oxygen atoms in total. The number of fused-ring (bicyclic) bond motifs is 1. The van der Waals surface area contributed by atoms with Crippen LogP contribution in [0.15, 0.2) is 30.3 Å². The van der Waals surface area contributed by atoms with Crippen molar-refractivity contribution < 1.29 is 23.3 Å². The fourth-order valence-corrected chi connectivity index (χ4v) is 2.46. The zero-order valence-electron chi connectivity index (χ0n) is 11.0. The maximum absolute atomic E-state index is 14.3. The number of nitrogens with zero attached hydrogens (tertiary/aromatic N) is 2. The number of hydrogen-bond acceptors (Lipinski definition) is 4. The maximum Gasteiger partial charge on any atom is 0.299 e. The molecule has 23 heavy (non-hydrogen) atoms. The van der Waals surface area contributed by atoms with E-state index in [1.165, 1.54) is 24.3 Å². The Morgan fingerprint density at radius 3 is 2.09 bits per heavy atom. The Bertz CT molecular complexity index is 866. The third-order valence-electron chi connectivity index (χ3n) is 3.33. The van der Waals surface area contributed by atoms with Gasteiger partial charge in [-0.1, -0.05) is 23.7 Å². The molecule has 0 N–H and O–H groups in total. The Morgan fingerprint density at radius 2 is 1.61 bits per heavy atom. The number of amides is 2. The molecule has 0 saturated carbocycles. The monoisotopic (exact) mass is 338 g/mol. The summed E-state index contributed by atoms with van der Waals surface area (Å²) in [7, 11) is 0. The number of imide groups is 1. The Labute approximate surface area is 132 Å². The van der Waals surface area contributed by atoms with Crippen LogP contribution < -0.4 is 4.90 Å². The number of benzene rings is 2. The van der Waals surface area contributed by atoms with Crippen LogP contribution in [0.1, 0.15) is 20.7 Å². The highest BCUT2D eigenvalue weighted by atomic mass is 35.5. The van der Waals surface area contributed by atoms with Crippen LogP contribution in [0, 0.1) is 21.7 Å². The molecule has 0 saturated heterocycles. The predicted molar refractivity (Wildman–Crippen MR) is 75.6 cm³/mol. The lowest BCUT2D eigenvalue weighted by Crippen LogP contribution is -2.31. The van der Waals surface area contributed by atoms with Crippen molar-refractivity contribution in [3.05, 3.63) is 68.2 Å². The van der Waals surface area contributed by atoms with Gasteiger partial charge in [-0.25, -0.2) is 13.7 Å². The van der Waals surface area contributed by atoms with Crippen LogP contribution in [-0.2, 0) is 0 Å². The van der Waals surface area contributed by atoms with E-state index in [0.717, 1.165) is 0 Å². The summed E-state index contributed by atoms with van der Waals surface area (Å²) in [6.07, 6.45) is 0. The molecule has 0 radical (unpaired) electrons. The van der Waals surface area contributed by atoms with Crippen LogP contribution in [0.3, 0.4) is 0 Å². The molecule has 1 aliphatic heterocycles. The van der Waals surface area contributed by atoms with E-state index in [2.05, 4.69) is 0 Å². The van der Waals surface area contributed by atoms with E-state index >= 15 is 0 Å². The van der Waals surface area contributed by atoms with Gasteiger partial charge in [0.15, 0.2) is 17.3 Å². The average Bonchev–Trinajstić information content (AvgIpc) is 2.77. The van der Waals surface area contributed by atoms with Crippen molar-refractivity contribution in [3.8, 4) is 0 Å². The van der Waals surface area contributed by atoms with E-state index in [9.17, 15) is 28.5 Å². The molecule has 9 heteroatoms. The lowest BCUT2D eigenvalue weighted by molar-refractivity contribution is -0.384. The van der Waals surface area contributed by atoms with E-state index < -0.39 is 44.8 Å². The van der Waals surface area contributed by atoms with Gasteiger partial charge in [0.25, 0.3) is 17.5 Å². The first-order valence-electron chi connectivity index (χ1n) is 6.14. The molecule has 0 bridgehead atoms. The minimum Gasteiger partial charge on any atom is -0.268 e. The van der Waals surface area contributed by atoms with Crippen molar-refractivity contribution in [2.75, 3.05) is 4.90 Å². The summed E-state index contributed by atoms with van der Waals surface area (Å²) < 4.78 is 27.7. The quantitative estimate of drug-likeness (QED) is 0.364. The van der Waals surface area contributed by atoms with Gasteiger partial charge in [-0.15, -0.1) is 0 Å². The minimum absolute atomic E-state index is 0.0355. The van der Waals surface area contributed by atoms with Gasteiger partial charge < -0.3 is 0 Å². The molecule has 0 aromatic heterocycles. The molecule has 2 aromatic carbocycles. The summed E-state index contributed by atoms with van der Waals surface area (Å²) in [5, 5.41) is 10.0. The first-order chi connectivity index (χ1) is 10.8. The number of anilines is 1. The van der Waals surface area contributed by atoms with Gasteiger partial charge >= 0.3 is 0 Å². The molecule has 0 atom stereocenters.